The van der Waals surface area contributed by atoms with Gasteiger partial charge in [0.15, 0.2) is 0 Å². The summed E-state index contributed by atoms with van der Waals surface area (Å²) in [4.78, 5) is 8.50. The zero-order chi connectivity index (χ0) is 11.4. The Balaban J connectivity index is 3.58. The molecule has 0 fully saturated rings. The highest BCUT2D eigenvalue weighted by molar-refractivity contribution is 6.41. The average Bonchev–Trinajstić information content (AvgIpc) is 2.22. The fourth-order valence-electron chi connectivity index (χ4n) is 0.736. The third-order valence-corrected chi connectivity index (χ3v) is 2.04. The van der Waals surface area contributed by atoms with Gasteiger partial charge >= 0.3 is 0 Å². The number of rotatable bonds is 2. The monoisotopic (exact) mass is 243 g/mol. The van der Waals surface area contributed by atoms with Gasteiger partial charge in [-0.1, -0.05) is 23.2 Å². The summed E-state index contributed by atoms with van der Waals surface area (Å²) >= 11 is 11.2. The van der Waals surface area contributed by atoms with Crippen molar-refractivity contribution in [2.75, 3.05) is 0 Å². The SMILES string of the molecule is [N-]=[N+]=Nc1nc(N=[N+]=[N-])c(Cl)c([NH])c1Cl. The van der Waals surface area contributed by atoms with E-state index in [-0.39, 0.29) is 27.4 Å². The summed E-state index contributed by atoms with van der Waals surface area (Å²) in [6, 6.07) is 0. The summed E-state index contributed by atoms with van der Waals surface area (Å²) in [5, 5.41) is 5.85. The van der Waals surface area contributed by atoms with Gasteiger partial charge in [0.25, 0.3) is 0 Å². The van der Waals surface area contributed by atoms with Crippen molar-refractivity contribution in [3.63, 3.8) is 0 Å². The number of halogens is 2. The first-order chi connectivity index (χ1) is 7.11. The van der Waals surface area contributed by atoms with E-state index in [1.54, 1.807) is 0 Å². The maximum atomic E-state index is 8.19. The largest absolute Gasteiger partial charge is 0.298 e. The van der Waals surface area contributed by atoms with Crippen molar-refractivity contribution in [2.24, 2.45) is 10.2 Å². The minimum atomic E-state index is -0.307. The van der Waals surface area contributed by atoms with Gasteiger partial charge in [-0.15, -0.1) is 0 Å². The third-order valence-electron chi connectivity index (χ3n) is 1.32. The maximum Gasteiger partial charge on any atom is 0.148 e. The highest BCUT2D eigenvalue weighted by Crippen LogP contribution is 2.40. The van der Waals surface area contributed by atoms with Gasteiger partial charge in [-0.2, -0.15) is 0 Å². The first-order valence-electron chi connectivity index (χ1n) is 3.32. The van der Waals surface area contributed by atoms with Crippen molar-refractivity contribution in [1.82, 2.24) is 10.7 Å². The average molecular weight is 244 g/mol. The second kappa shape index (κ2) is 4.59. The van der Waals surface area contributed by atoms with Crippen LogP contribution >= 0.6 is 23.2 Å². The molecule has 0 saturated carbocycles. The predicted molar refractivity (Wildman–Crippen MR) is 54.6 cm³/mol. The molecule has 0 unspecified atom stereocenters. The molecule has 1 radical (unpaired) electrons. The van der Waals surface area contributed by atoms with Crippen molar-refractivity contribution in [1.29, 1.82) is 0 Å². The highest BCUT2D eigenvalue weighted by Gasteiger charge is 2.13. The fourth-order valence-corrected chi connectivity index (χ4v) is 1.13. The van der Waals surface area contributed by atoms with E-state index in [2.05, 4.69) is 25.0 Å². The van der Waals surface area contributed by atoms with Crippen LogP contribution in [0.5, 0.6) is 0 Å². The van der Waals surface area contributed by atoms with E-state index in [0.29, 0.717) is 0 Å². The van der Waals surface area contributed by atoms with Gasteiger partial charge in [0.2, 0.25) is 0 Å². The van der Waals surface area contributed by atoms with Crippen LogP contribution in [0.15, 0.2) is 10.2 Å². The van der Waals surface area contributed by atoms with Gasteiger partial charge in [-0.3, -0.25) is 5.73 Å². The molecule has 1 N–H and O–H groups in total. The lowest BCUT2D eigenvalue weighted by atomic mass is 10.4. The minimum Gasteiger partial charge on any atom is -0.298 e. The summed E-state index contributed by atoms with van der Waals surface area (Å²) in [5.41, 5.74) is 23.5. The summed E-state index contributed by atoms with van der Waals surface area (Å²) in [7, 11) is 0. The van der Waals surface area contributed by atoms with E-state index in [9.17, 15) is 0 Å². The van der Waals surface area contributed by atoms with E-state index >= 15 is 0 Å². The zero-order valence-electron chi connectivity index (χ0n) is 6.89. The quantitative estimate of drug-likeness (QED) is 0.430. The molecular weight excluding hydrogens is 243 g/mol. The van der Waals surface area contributed by atoms with Gasteiger partial charge < -0.3 is 0 Å². The van der Waals surface area contributed by atoms with E-state index in [1.807, 2.05) is 0 Å². The summed E-state index contributed by atoms with van der Waals surface area (Å²) in [6.45, 7) is 0. The second-order valence-electron chi connectivity index (χ2n) is 2.14. The first-order valence-corrected chi connectivity index (χ1v) is 4.08. The molecule has 8 nitrogen and oxygen atoms in total. The van der Waals surface area contributed by atoms with E-state index in [0.717, 1.165) is 0 Å². The molecule has 0 aliphatic heterocycles. The molecule has 0 bridgehead atoms. The van der Waals surface area contributed by atoms with Crippen LogP contribution in [-0.4, -0.2) is 4.98 Å². The Morgan fingerprint density at radius 3 is 1.80 bits per heavy atom. The molecule has 15 heavy (non-hydrogen) atoms. The van der Waals surface area contributed by atoms with Crippen molar-refractivity contribution in [3.8, 4) is 0 Å². The lowest BCUT2D eigenvalue weighted by Gasteiger charge is -2.04. The lowest BCUT2D eigenvalue weighted by molar-refractivity contribution is 1.21. The molecule has 1 rings (SSSR count). The van der Waals surface area contributed by atoms with Crippen LogP contribution in [0.2, 0.25) is 10.0 Å². The Labute approximate surface area is 92.9 Å². The van der Waals surface area contributed by atoms with E-state index < -0.39 is 0 Å². The summed E-state index contributed by atoms with van der Waals surface area (Å²) < 4.78 is 0. The number of nitrogens with one attached hydrogen (secondary N) is 1. The van der Waals surface area contributed by atoms with Crippen molar-refractivity contribution < 1.29 is 0 Å². The summed E-state index contributed by atoms with van der Waals surface area (Å²) in [5.74, 6) is -0.507. The molecule has 0 spiro atoms. The zero-order valence-corrected chi connectivity index (χ0v) is 8.40. The standard InChI is InChI=1S/C5HCl2N8/c6-1-3(8)2(7)5(13-15-10)11-4(1)12-14-9/h8H. The second-order valence-corrected chi connectivity index (χ2v) is 2.90. The molecule has 75 valence electrons. The Kier molecular flexibility index (Phi) is 3.43. The molecule has 0 aliphatic rings. The van der Waals surface area contributed by atoms with Crippen LogP contribution in [-0.2, 0) is 0 Å². The Bertz CT molecular complexity index is 456. The molecule has 10 heteroatoms. The number of pyridine rings is 1. The van der Waals surface area contributed by atoms with Crippen molar-refractivity contribution in [2.45, 2.75) is 0 Å². The maximum absolute atomic E-state index is 8.19. The van der Waals surface area contributed by atoms with Gasteiger partial charge in [0.1, 0.15) is 11.6 Å². The van der Waals surface area contributed by atoms with Gasteiger partial charge in [0.05, 0.1) is 15.7 Å². The molecule has 0 saturated heterocycles. The van der Waals surface area contributed by atoms with Gasteiger partial charge in [-0.25, -0.2) is 4.98 Å². The molecule has 0 atom stereocenters. The number of hydrogen-bond donors (Lipinski definition) is 0. The third kappa shape index (κ3) is 2.15. The molecular formula is C5HCl2N8. The van der Waals surface area contributed by atoms with Crippen LogP contribution in [0.25, 0.3) is 20.9 Å². The van der Waals surface area contributed by atoms with Crippen LogP contribution in [0, 0.1) is 0 Å². The molecule has 0 aliphatic carbocycles. The lowest BCUT2D eigenvalue weighted by Crippen LogP contribution is -1.82. The number of aromatic nitrogens is 1. The smallest absolute Gasteiger partial charge is 0.148 e. The van der Waals surface area contributed by atoms with Crippen LogP contribution in [0.4, 0.5) is 17.3 Å². The predicted octanol–water partition coefficient (Wildman–Crippen LogP) is 4.19. The van der Waals surface area contributed by atoms with Crippen molar-refractivity contribution >= 4 is 40.5 Å². The van der Waals surface area contributed by atoms with E-state index in [1.165, 1.54) is 0 Å². The first kappa shape index (κ1) is 11.2. The number of hydrogen-bond acceptors (Lipinski definition) is 3. The fraction of sp³-hybridized carbons (Fsp3) is 0. The minimum absolute atomic E-state index is 0.199. The van der Waals surface area contributed by atoms with Gasteiger partial charge in [0, 0.05) is 9.82 Å². The topological polar surface area (TPSA) is 134 Å². The normalized spacial score (nSPS) is 8.93. The van der Waals surface area contributed by atoms with Crippen LogP contribution < -0.4 is 5.73 Å². The molecule has 1 aromatic rings. The highest BCUT2D eigenvalue weighted by atomic mass is 35.5. The summed E-state index contributed by atoms with van der Waals surface area (Å²) in [6.07, 6.45) is 0. The van der Waals surface area contributed by atoms with Gasteiger partial charge in [-0.05, 0) is 21.3 Å². The molecule has 1 aromatic heterocycles. The van der Waals surface area contributed by atoms with Crippen molar-refractivity contribution in [3.05, 3.63) is 30.9 Å². The Hall–Kier alpha value is -1.85. The van der Waals surface area contributed by atoms with Crippen LogP contribution in [0.3, 0.4) is 0 Å². The molecule has 0 aromatic carbocycles. The molecule has 0 amide bonds. The Morgan fingerprint density at radius 1 is 1.07 bits per heavy atom. The Morgan fingerprint density at radius 2 is 1.47 bits per heavy atom. The number of azide groups is 2. The van der Waals surface area contributed by atoms with Crippen LogP contribution in [0.1, 0.15) is 0 Å². The molecule has 1 heterocycles. The van der Waals surface area contributed by atoms with E-state index in [4.69, 9.17) is 40.0 Å². The number of nitrogens with zero attached hydrogens (tertiary/aromatic N) is 7.